The molecule has 1 aromatic carbocycles. The Morgan fingerprint density at radius 3 is 2.90 bits per heavy atom. The number of carbonyl (C=O) groups excluding carboxylic acids is 1. The van der Waals surface area contributed by atoms with Crippen LogP contribution in [0.15, 0.2) is 55.0 Å². The third-order valence-corrected chi connectivity index (χ3v) is 5.66. The Morgan fingerprint density at radius 2 is 2.13 bits per heavy atom. The number of anilines is 1. The molecule has 1 aliphatic rings. The molecule has 0 radical (unpaired) electrons. The smallest absolute Gasteiger partial charge is 0.216 e. The van der Waals surface area contributed by atoms with Crippen LogP contribution in [0.3, 0.4) is 0 Å². The van der Waals surface area contributed by atoms with Crippen LogP contribution >= 0.6 is 11.6 Å². The SMILES string of the molecule is O=C(c1ccn(Cc2cccc(Cl)c2)n1)c1cnccc1NC1C[C@H](CO)[C@@H](O)C1. The van der Waals surface area contributed by atoms with Gasteiger partial charge in [-0.2, -0.15) is 5.10 Å². The van der Waals surface area contributed by atoms with E-state index in [1.54, 1.807) is 29.2 Å². The number of aliphatic hydroxyl groups is 2. The van der Waals surface area contributed by atoms with Crippen molar-refractivity contribution in [2.24, 2.45) is 5.92 Å². The van der Waals surface area contributed by atoms with Crippen LogP contribution in [0.2, 0.25) is 5.02 Å². The van der Waals surface area contributed by atoms with Crippen LogP contribution in [0.4, 0.5) is 5.69 Å². The topological polar surface area (TPSA) is 100 Å². The number of aromatic nitrogens is 3. The summed E-state index contributed by atoms with van der Waals surface area (Å²) in [7, 11) is 0. The molecule has 1 unspecified atom stereocenters. The molecular formula is C22H23ClN4O3. The molecule has 3 aromatic rings. The Labute approximate surface area is 179 Å². The van der Waals surface area contributed by atoms with E-state index in [-0.39, 0.29) is 24.3 Å². The summed E-state index contributed by atoms with van der Waals surface area (Å²) in [5, 5.41) is 27.8. The number of halogens is 1. The molecule has 1 saturated carbocycles. The van der Waals surface area contributed by atoms with E-state index in [1.165, 1.54) is 6.20 Å². The molecule has 0 saturated heterocycles. The van der Waals surface area contributed by atoms with Crippen molar-refractivity contribution < 1.29 is 15.0 Å². The maximum Gasteiger partial charge on any atom is 0.216 e. The lowest BCUT2D eigenvalue weighted by molar-refractivity contribution is 0.0908. The van der Waals surface area contributed by atoms with E-state index in [2.05, 4.69) is 15.4 Å². The van der Waals surface area contributed by atoms with Crippen molar-refractivity contribution in [3.63, 3.8) is 0 Å². The van der Waals surface area contributed by atoms with Crippen LogP contribution in [-0.4, -0.2) is 49.5 Å². The first-order chi connectivity index (χ1) is 14.5. The summed E-state index contributed by atoms with van der Waals surface area (Å²) in [6.07, 6.45) is 5.52. The summed E-state index contributed by atoms with van der Waals surface area (Å²) < 4.78 is 1.70. The first-order valence-corrected chi connectivity index (χ1v) is 10.2. The predicted octanol–water partition coefficient (Wildman–Crippen LogP) is 2.75. The van der Waals surface area contributed by atoms with Gasteiger partial charge in [-0.05, 0) is 42.7 Å². The molecule has 0 aliphatic heterocycles. The molecule has 0 amide bonds. The minimum Gasteiger partial charge on any atom is -0.396 e. The quantitative estimate of drug-likeness (QED) is 0.502. The second-order valence-electron chi connectivity index (χ2n) is 7.60. The lowest BCUT2D eigenvalue weighted by Crippen LogP contribution is -2.19. The van der Waals surface area contributed by atoms with Crippen LogP contribution < -0.4 is 5.32 Å². The van der Waals surface area contributed by atoms with E-state index in [4.69, 9.17) is 11.6 Å². The number of rotatable bonds is 7. The first-order valence-electron chi connectivity index (χ1n) is 9.85. The highest BCUT2D eigenvalue weighted by atomic mass is 35.5. The van der Waals surface area contributed by atoms with Gasteiger partial charge in [0.1, 0.15) is 5.69 Å². The van der Waals surface area contributed by atoms with E-state index in [0.717, 1.165) is 5.56 Å². The number of carbonyl (C=O) groups is 1. The van der Waals surface area contributed by atoms with Crippen LogP contribution in [0.5, 0.6) is 0 Å². The summed E-state index contributed by atoms with van der Waals surface area (Å²) in [6, 6.07) is 10.9. The maximum absolute atomic E-state index is 13.1. The van der Waals surface area contributed by atoms with Crippen LogP contribution in [0.1, 0.15) is 34.5 Å². The van der Waals surface area contributed by atoms with E-state index < -0.39 is 6.10 Å². The molecule has 1 fully saturated rings. The largest absolute Gasteiger partial charge is 0.396 e. The van der Waals surface area contributed by atoms with Gasteiger partial charge < -0.3 is 15.5 Å². The van der Waals surface area contributed by atoms with E-state index >= 15 is 0 Å². The fourth-order valence-corrected chi connectivity index (χ4v) is 4.08. The molecule has 8 heteroatoms. The highest BCUT2D eigenvalue weighted by Gasteiger charge is 2.33. The van der Waals surface area contributed by atoms with Gasteiger partial charge >= 0.3 is 0 Å². The molecule has 2 aromatic heterocycles. The monoisotopic (exact) mass is 426 g/mol. The number of nitrogens with one attached hydrogen (secondary N) is 1. The molecule has 156 valence electrons. The summed E-state index contributed by atoms with van der Waals surface area (Å²) in [6.45, 7) is 0.458. The molecule has 3 N–H and O–H groups in total. The Kier molecular flexibility index (Phi) is 6.13. The summed E-state index contributed by atoms with van der Waals surface area (Å²) in [5.41, 5.74) is 2.39. The van der Waals surface area contributed by atoms with E-state index in [9.17, 15) is 15.0 Å². The molecule has 30 heavy (non-hydrogen) atoms. The van der Waals surface area contributed by atoms with Gasteiger partial charge in [0, 0.05) is 47.9 Å². The lowest BCUT2D eigenvalue weighted by atomic mass is 10.1. The third kappa shape index (κ3) is 4.53. The molecule has 1 aliphatic carbocycles. The van der Waals surface area contributed by atoms with Crippen LogP contribution in [0.25, 0.3) is 0 Å². The van der Waals surface area contributed by atoms with Crippen molar-refractivity contribution in [3.8, 4) is 0 Å². The minimum atomic E-state index is -0.546. The number of pyridine rings is 1. The number of aliphatic hydroxyl groups excluding tert-OH is 2. The van der Waals surface area contributed by atoms with Gasteiger partial charge in [0.2, 0.25) is 5.78 Å². The van der Waals surface area contributed by atoms with E-state index in [0.29, 0.717) is 41.4 Å². The first kappa shape index (κ1) is 20.5. The van der Waals surface area contributed by atoms with Crippen molar-refractivity contribution in [3.05, 3.63) is 76.8 Å². The molecular weight excluding hydrogens is 404 g/mol. The standard InChI is InChI=1S/C22H23ClN4O3/c23-16-3-1-2-14(8-16)12-27-7-5-20(26-27)22(30)18-11-24-6-4-19(18)25-17-9-15(13-28)21(29)10-17/h1-8,11,15,17,21,28-29H,9-10,12-13H2,(H,24,25)/t15-,17?,21+/m1/s1. The second-order valence-corrected chi connectivity index (χ2v) is 8.04. The summed E-state index contributed by atoms with van der Waals surface area (Å²) >= 11 is 6.03. The van der Waals surface area contributed by atoms with Gasteiger partial charge in [-0.1, -0.05) is 23.7 Å². The zero-order valence-corrected chi connectivity index (χ0v) is 17.0. The average Bonchev–Trinajstić information content (AvgIpc) is 3.34. The third-order valence-electron chi connectivity index (χ3n) is 5.42. The molecule has 2 heterocycles. The van der Waals surface area contributed by atoms with Crippen molar-refractivity contribution in [1.82, 2.24) is 14.8 Å². The Bertz CT molecular complexity index is 1040. The molecule has 7 nitrogen and oxygen atoms in total. The van der Waals surface area contributed by atoms with E-state index in [1.807, 2.05) is 24.3 Å². The second kappa shape index (κ2) is 8.95. The van der Waals surface area contributed by atoms with Crippen LogP contribution in [-0.2, 0) is 6.54 Å². The Balaban J connectivity index is 1.50. The zero-order valence-electron chi connectivity index (χ0n) is 16.3. The van der Waals surface area contributed by atoms with Gasteiger partial charge in [-0.15, -0.1) is 0 Å². The molecule has 3 atom stereocenters. The van der Waals surface area contributed by atoms with Gasteiger partial charge in [0.25, 0.3) is 0 Å². The van der Waals surface area contributed by atoms with Crippen molar-refractivity contribution in [2.45, 2.75) is 31.5 Å². The van der Waals surface area contributed by atoms with Gasteiger partial charge in [0.05, 0.1) is 18.2 Å². The number of hydrogen-bond acceptors (Lipinski definition) is 6. The fraction of sp³-hybridized carbons (Fsp3) is 0.318. The highest BCUT2D eigenvalue weighted by molar-refractivity contribution is 6.30. The zero-order chi connectivity index (χ0) is 21.1. The average molecular weight is 427 g/mol. The van der Waals surface area contributed by atoms with Crippen molar-refractivity contribution in [1.29, 1.82) is 0 Å². The maximum atomic E-state index is 13.1. The van der Waals surface area contributed by atoms with Gasteiger partial charge in [-0.25, -0.2) is 0 Å². The predicted molar refractivity (Wildman–Crippen MR) is 114 cm³/mol. The normalized spacial score (nSPS) is 21.0. The van der Waals surface area contributed by atoms with Gasteiger partial charge in [0.15, 0.2) is 0 Å². The number of hydrogen-bond donors (Lipinski definition) is 3. The Hall–Kier alpha value is -2.74. The van der Waals surface area contributed by atoms with Crippen molar-refractivity contribution >= 4 is 23.1 Å². The highest BCUT2D eigenvalue weighted by Crippen LogP contribution is 2.29. The van der Waals surface area contributed by atoms with Gasteiger partial charge in [-0.3, -0.25) is 14.5 Å². The number of ketones is 1. The number of nitrogens with zero attached hydrogens (tertiary/aromatic N) is 3. The molecule has 0 spiro atoms. The molecule has 0 bridgehead atoms. The lowest BCUT2D eigenvalue weighted by Gasteiger charge is -2.16. The summed E-state index contributed by atoms with van der Waals surface area (Å²) in [4.78, 5) is 17.2. The number of benzene rings is 1. The van der Waals surface area contributed by atoms with Crippen LogP contribution in [0, 0.1) is 5.92 Å². The Morgan fingerprint density at radius 1 is 1.27 bits per heavy atom. The summed E-state index contributed by atoms with van der Waals surface area (Å²) in [5.74, 6) is -0.377. The molecule has 4 rings (SSSR count). The fourth-order valence-electron chi connectivity index (χ4n) is 3.87. The minimum absolute atomic E-state index is 0.0218. The van der Waals surface area contributed by atoms with Crippen molar-refractivity contribution in [2.75, 3.05) is 11.9 Å².